The molecule has 30 heavy (non-hydrogen) atoms. The van der Waals surface area contributed by atoms with E-state index in [-0.39, 0.29) is 6.29 Å². The van der Waals surface area contributed by atoms with Gasteiger partial charge in [-0.2, -0.15) is 0 Å². The monoisotopic (exact) mass is 416 g/mol. The van der Waals surface area contributed by atoms with Crippen LogP contribution in [0.25, 0.3) is 0 Å². The van der Waals surface area contributed by atoms with Gasteiger partial charge < -0.3 is 9.47 Å². The van der Waals surface area contributed by atoms with Gasteiger partial charge in [0.15, 0.2) is 6.29 Å². The van der Waals surface area contributed by atoms with Gasteiger partial charge in [0.1, 0.15) is 5.76 Å². The van der Waals surface area contributed by atoms with E-state index in [0.717, 1.165) is 30.1 Å². The van der Waals surface area contributed by atoms with Crippen LogP contribution in [-0.4, -0.2) is 12.9 Å². The minimum absolute atomic E-state index is 0.163. The lowest BCUT2D eigenvalue weighted by Gasteiger charge is -2.43. The van der Waals surface area contributed by atoms with Crippen molar-refractivity contribution in [3.05, 3.63) is 24.0 Å². The second kappa shape index (κ2) is 9.80. The number of allylic oxidation sites excluding steroid dienone is 3. The Balaban J connectivity index is 1.57. The highest BCUT2D eigenvalue weighted by atomic mass is 16.7. The number of fused-ring (bicyclic) bond motifs is 1. The molecule has 0 radical (unpaired) electrons. The zero-order chi connectivity index (χ0) is 21.9. The normalized spacial score (nSPS) is 31.4. The van der Waals surface area contributed by atoms with E-state index in [4.69, 9.17) is 9.47 Å². The molecule has 5 atom stereocenters. The maximum atomic E-state index is 6.21. The van der Waals surface area contributed by atoms with Gasteiger partial charge in [-0.3, -0.25) is 0 Å². The fraction of sp³-hybridized carbons (Fsp3) is 0.857. The van der Waals surface area contributed by atoms with Crippen molar-refractivity contribution < 1.29 is 9.47 Å². The second-order valence-electron chi connectivity index (χ2n) is 12.1. The number of hydrogen-bond donors (Lipinski definition) is 0. The molecular formula is C28H48O2. The third kappa shape index (κ3) is 5.72. The van der Waals surface area contributed by atoms with Crippen LogP contribution in [0.15, 0.2) is 24.0 Å². The predicted octanol–water partition coefficient (Wildman–Crippen LogP) is 8.14. The van der Waals surface area contributed by atoms with Gasteiger partial charge in [0.25, 0.3) is 0 Å². The van der Waals surface area contributed by atoms with Gasteiger partial charge in [-0.1, -0.05) is 86.1 Å². The molecule has 0 saturated heterocycles. The smallest absolute Gasteiger partial charge is 0.196 e. The lowest BCUT2D eigenvalue weighted by molar-refractivity contribution is -0.104. The maximum absolute atomic E-state index is 6.21. The molecule has 3 aliphatic rings. The van der Waals surface area contributed by atoms with Crippen LogP contribution < -0.4 is 0 Å². The zero-order valence-electron chi connectivity index (χ0n) is 20.9. The first kappa shape index (κ1) is 23.9. The summed E-state index contributed by atoms with van der Waals surface area (Å²) in [4.78, 5) is 0. The summed E-state index contributed by atoms with van der Waals surface area (Å²) < 4.78 is 12.2. The molecule has 0 amide bonds. The summed E-state index contributed by atoms with van der Waals surface area (Å²) in [5.41, 5.74) is 0.704. The van der Waals surface area contributed by atoms with Crippen molar-refractivity contribution in [3.8, 4) is 0 Å². The summed E-state index contributed by atoms with van der Waals surface area (Å²) in [5.74, 6) is 4.59. The molecule has 0 bridgehead atoms. The van der Waals surface area contributed by atoms with Crippen molar-refractivity contribution in [1.82, 2.24) is 0 Å². The fourth-order valence-corrected chi connectivity index (χ4v) is 6.42. The van der Waals surface area contributed by atoms with E-state index in [1.54, 1.807) is 0 Å². The van der Waals surface area contributed by atoms with Gasteiger partial charge in [0, 0.05) is 0 Å². The minimum atomic E-state index is -0.163. The molecule has 0 aromatic rings. The average Bonchev–Trinajstić information content (AvgIpc) is 3.09. The number of rotatable bonds is 8. The fourth-order valence-electron chi connectivity index (χ4n) is 6.42. The SMILES string of the molecule is CCC(C)(C)C1C2C=CC(OC(C)OCCC3CCCCC3)=CC2CC1C(C)(C)C. The van der Waals surface area contributed by atoms with E-state index in [2.05, 4.69) is 66.7 Å². The van der Waals surface area contributed by atoms with Gasteiger partial charge >= 0.3 is 0 Å². The third-order valence-corrected chi connectivity index (χ3v) is 8.56. The standard InChI is InChI=1S/C28H48O2/c1-8-28(6,7)26-24-15-14-23(18-22(24)19-25(26)27(3,4)5)30-20(2)29-17-16-21-12-10-9-11-13-21/h14-15,18,20-22,24-26H,8-13,16-17,19H2,1-7H3. The second-order valence-corrected chi connectivity index (χ2v) is 12.1. The van der Waals surface area contributed by atoms with Gasteiger partial charge in [-0.05, 0) is 72.3 Å². The summed E-state index contributed by atoms with van der Waals surface area (Å²) in [6.07, 6.45) is 17.6. The van der Waals surface area contributed by atoms with Crippen molar-refractivity contribution in [3.63, 3.8) is 0 Å². The van der Waals surface area contributed by atoms with E-state index in [1.807, 2.05) is 0 Å². The molecule has 5 unspecified atom stereocenters. The van der Waals surface area contributed by atoms with Gasteiger partial charge in [0.2, 0.25) is 0 Å². The quantitative estimate of drug-likeness (QED) is 0.372. The number of hydrogen-bond acceptors (Lipinski definition) is 2. The largest absolute Gasteiger partial charge is 0.466 e. The van der Waals surface area contributed by atoms with E-state index in [0.29, 0.717) is 22.7 Å². The van der Waals surface area contributed by atoms with Crippen LogP contribution in [0, 0.1) is 40.4 Å². The Morgan fingerprint density at radius 3 is 2.40 bits per heavy atom. The predicted molar refractivity (Wildman–Crippen MR) is 127 cm³/mol. The Kier molecular flexibility index (Phi) is 7.81. The Bertz CT molecular complexity index is 603. The van der Waals surface area contributed by atoms with Crippen molar-refractivity contribution in [2.75, 3.05) is 6.61 Å². The topological polar surface area (TPSA) is 18.5 Å². The van der Waals surface area contributed by atoms with Crippen LogP contribution in [0.5, 0.6) is 0 Å². The van der Waals surface area contributed by atoms with Crippen molar-refractivity contribution in [1.29, 1.82) is 0 Å². The molecule has 0 heterocycles. The molecule has 0 aliphatic heterocycles. The van der Waals surface area contributed by atoms with Crippen LogP contribution in [0.4, 0.5) is 0 Å². The molecule has 0 spiro atoms. The van der Waals surface area contributed by atoms with Crippen molar-refractivity contribution >= 4 is 0 Å². The third-order valence-electron chi connectivity index (χ3n) is 8.56. The average molecular weight is 417 g/mol. The van der Waals surface area contributed by atoms with E-state index in [1.165, 1.54) is 51.4 Å². The number of ether oxygens (including phenoxy) is 2. The highest BCUT2D eigenvalue weighted by Crippen LogP contribution is 2.58. The van der Waals surface area contributed by atoms with Crippen LogP contribution in [0.3, 0.4) is 0 Å². The zero-order valence-corrected chi connectivity index (χ0v) is 20.9. The molecule has 172 valence electrons. The molecule has 0 aromatic heterocycles. The van der Waals surface area contributed by atoms with Crippen LogP contribution in [0.2, 0.25) is 0 Å². The summed E-state index contributed by atoms with van der Waals surface area (Å²) >= 11 is 0. The minimum Gasteiger partial charge on any atom is -0.466 e. The van der Waals surface area contributed by atoms with Crippen LogP contribution >= 0.6 is 0 Å². The van der Waals surface area contributed by atoms with Crippen LogP contribution in [-0.2, 0) is 9.47 Å². The summed E-state index contributed by atoms with van der Waals surface area (Å²) in [6, 6.07) is 0. The Hall–Kier alpha value is -0.760. The maximum Gasteiger partial charge on any atom is 0.196 e. The molecule has 3 aliphatic carbocycles. The lowest BCUT2D eigenvalue weighted by Crippen LogP contribution is -2.37. The molecule has 2 saturated carbocycles. The molecule has 2 nitrogen and oxygen atoms in total. The molecule has 0 aromatic carbocycles. The Morgan fingerprint density at radius 1 is 1.07 bits per heavy atom. The van der Waals surface area contributed by atoms with E-state index >= 15 is 0 Å². The first-order valence-corrected chi connectivity index (χ1v) is 12.8. The van der Waals surface area contributed by atoms with Gasteiger partial charge in [-0.25, -0.2) is 0 Å². The Morgan fingerprint density at radius 2 is 1.77 bits per heavy atom. The first-order valence-electron chi connectivity index (χ1n) is 12.8. The van der Waals surface area contributed by atoms with Crippen LogP contribution in [0.1, 0.15) is 99.8 Å². The summed E-state index contributed by atoms with van der Waals surface area (Å²) in [6.45, 7) is 17.5. The van der Waals surface area contributed by atoms with Crippen molar-refractivity contribution in [2.45, 2.75) is 106 Å². The first-order chi connectivity index (χ1) is 14.1. The van der Waals surface area contributed by atoms with Gasteiger partial charge in [-0.15, -0.1) is 0 Å². The lowest BCUT2D eigenvalue weighted by atomic mass is 9.62. The summed E-state index contributed by atoms with van der Waals surface area (Å²) in [5, 5.41) is 0. The molecule has 0 N–H and O–H groups in total. The van der Waals surface area contributed by atoms with E-state index < -0.39 is 0 Å². The van der Waals surface area contributed by atoms with Gasteiger partial charge in [0.05, 0.1) is 6.61 Å². The molecule has 2 heteroatoms. The highest BCUT2D eigenvalue weighted by Gasteiger charge is 2.51. The summed E-state index contributed by atoms with van der Waals surface area (Å²) in [7, 11) is 0. The Labute approximate surface area is 186 Å². The molecule has 3 rings (SSSR count). The van der Waals surface area contributed by atoms with E-state index in [9.17, 15) is 0 Å². The van der Waals surface area contributed by atoms with Crippen molar-refractivity contribution in [2.24, 2.45) is 40.4 Å². The highest BCUT2D eigenvalue weighted by molar-refractivity contribution is 5.25. The molecule has 2 fully saturated rings. The molecular weight excluding hydrogens is 368 g/mol.